The van der Waals surface area contributed by atoms with Gasteiger partial charge in [-0.25, -0.2) is 9.18 Å². The molecule has 2 aliphatic heterocycles. The van der Waals surface area contributed by atoms with Crippen LogP contribution >= 0.6 is 0 Å². The minimum atomic E-state index is -0.715. The molecule has 0 saturated carbocycles. The maximum Gasteiger partial charge on any atom is 0.413 e. The number of fused-ring (bicyclic) bond motifs is 2. The standard InChI is InChI=1S/C20H28FNO4/c1-19(2,3)26-18(23)22-15-6-5-10-20(22,11-9-15)25-16-7-8-17(21)14(12-16)13-24-4/h7-8,12,15H,5-6,9-11,13H2,1-4H3. The molecule has 144 valence electrons. The van der Waals surface area contributed by atoms with Crippen molar-refractivity contribution in [1.29, 1.82) is 0 Å². The molecule has 0 N–H and O–H groups in total. The van der Waals surface area contributed by atoms with E-state index in [1.54, 1.807) is 17.0 Å². The lowest BCUT2D eigenvalue weighted by Crippen LogP contribution is -2.57. The fourth-order valence-corrected chi connectivity index (χ4v) is 3.99. The highest BCUT2D eigenvalue weighted by Gasteiger charge is 2.54. The first-order chi connectivity index (χ1) is 12.2. The van der Waals surface area contributed by atoms with Gasteiger partial charge in [-0.15, -0.1) is 0 Å². The first kappa shape index (κ1) is 19.0. The predicted molar refractivity (Wildman–Crippen MR) is 95.4 cm³/mol. The Hall–Kier alpha value is -1.82. The Balaban J connectivity index is 1.86. The van der Waals surface area contributed by atoms with Crippen molar-refractivity contribution in [3.05, 3.63) is 29.6 Å². The van der Waals surface area contributed by atoms with Gasteiger partial charge in [0.15, 0.2) is 5.72 Å². The molecule has 6 heteroatoms. The fraction of sp³-hybridized carbons (Fsp3) is 0.650. The second kappa shape index (κ2) is 7.06. The van der Waals surface area contributed by atoms with Crippen LogP contribution in [-0.2, 0) is 16.1 Å². The normalized spacial score (nSPS) is 25.3. The van der Waals surface area contributed by atoms with Gasteiger partial charge in [0.1, 0.15) is 17.2 Å². The highest BCUT2D eigenvalue weighted by molar-refractivity contribution is 5.70. The molecule has 2 atom stereocenters. The van der Waals surface area contributed by atoms with E-state index in [1.807, 2.05) is 20.8 Å². The minimum Gasteiger partial charge on any atom is -0.468 e. The number of piperidine rings is 1. The number of methoxy groups -OCH3 is 1. The Kier molecular flexibility index (Phi) is 5.15. The summed E-state index contributed by atoms with van der Waals surface area (Å²) in [6, 6.07) is 4.78. The molecule has 1 aromatic rings. The molecule has 1 amide bonds. The highest BCUT2D eigenvalue weighted by atomic mass is 19.1. The maximum atomic E-state index is 13.9. The molecule has 0 aromatic heterocycles. The predicted octanol–water partition coefficient (Wildman–Crippen LogP) is 4.63. The van der Waals surface area contributed by atoms with Crippen LogP contribution in [0, 0.1) is 5.82 Å². The quantitative estimate of drug-likeness (QED) is 0.780. The van der Waals surface area contributed by atoms with E-state index in [2.05, 4.69) is 0 Å². The third-order valence-electron chi connectivity index (χ3n) is 4.99. The van der Waals surface area contributed by atoms with Crippen LogP contribution in [0.3, 0.4) is 0 Å². The minimum absolute atomic E-state index is 0.137. The number of halogens is 1. The molecular formula is C20H28FNO4. The molecule has 0 spiro atoms. The molecule has 2 heterocycles. The average molecular weight is 365 g/mol. The summed E-state index contributed by atoms with van der Waals surface area (Å²) in [5.41, 5.74) is -0.833. The second-order valence-corrected chi connectivity index (χ2v) is 8.17. The first-order valence-electron chi connectivity index (χ1n) is 9.23. The summed E-state index contributed by atoms with van der Waals surface area (Å²) in [4.78, 5) is 14.6. The molecule has 2 aliphatic rings. The van der Waals surface area contributed by atoms with Crippen molar-refractivity contribution in [3.63, 3.8) is 0 Å². The molecule has 2 fully saturated rings. The molecule has 5 nitrogen and oxygen atoms in total. The maximum absolute atomic E-state index is 13.9. The summed E-state index contributed by atoms with van der Waals surface area (Å²) in [5, 5.41) is 0. The van der Waals surface area contributed by atoms with Crippen LogP contribution in [-0.4, -0.2) is 35.5 Å². The van der Waals surface area contributed by atoms with E-state index in [9.17, 15) is 9.18 Å². The Morgan fingerprint density at radius 3 is 2.77 bits per heavy atom. The van der Waals surface area contributed by atoms with Gasteiger partial charge in [-0.3, -0.25) is 4.90 Å². The number of benzene rings is 1. The van der Waals surface area contributed by atoms with E-state index in [1.165, 1.54) is 13.2 Å². The van der Waals surface area contributed by atoms with Gasteiger partial charge in [0.25, 0.3) is 0 Å². The lowest BCUT2D eigenvalue weighted by molar-refractivity contribution is -0.0973. The molecule has 2 bridgehead atoms. The zero-order chi connectivity index (χ0) is 18.9. The molecule has 2 unspecified atom stereocenters. The number of ether oxygens (including phenoxy) is 3. The summed E-state index contributed by atoms with van der Waals surface area (Å²) in [7, 11) is 1.53. The van der Waals surface area contributed by atoms with E-state index >= 15 is 0 Å². The van der Waals surface area contributed by atoms with Crippen LogP contribution < -0.4 is 4.74 Å². The zero-order valence-corrected chi connectivity index (χ0v) is 16.0. The lowest BCUT2D eigenvalue weighted by Gasteiger charge is -2.44. The van der Waals surface area contributed by atoms with Crippen LogP contribution in [0.4, 0.5) is 9.18 Å². The molecular weight excluding hydrogens is 337 g/mol. The van der Waals surface area contributed by atoms with Gasteiger partial charge < -0.3 is 14.2 Å². The van der Waals surface area contributed by atoms with E-state index in [-0.39, 0.29) is 24.6 Å². The average Bonchev–Trinajstić information content (AvgIpc) is 2.76. The number of hydrogen-bond acceptors (Lipinski definition) is 4. The molecule has 1 aromatic carbocycles. The van der Waals surface area contributed by atoms with Gasteiger partial charge in [0.05, 0.1) is 6.61 Å². The van der Waals surface area contributed by atoms with Crippen molar-refractivity contribution in [2.75, 3.05) is 7.11 Å². The van der Waals surface area contributed by atoms with Crippen LogP contribution in [0.5, 0.6) is 5.75 Å². The summed E-state index contributed by atoms with van der Waals surface area (Å²) in [6.07, 6.45) is 4.02. The van der Waals surface area contributed by atoms with Gasteiger partial charge >= 0.3 is 6.09 Å². The van der Waals surface area contributed by atoms with Crippen LogP contribution in [0.2, 0.25) is 0 Å². The van der Waals surface area contributed by atoms with Crippen molar-refractivity contribution in [3.8, 4) is 5.75 Å². The number of amides is 1. The number of carbonyl (C=O) groups is 1. The lowest BCUT2D eigenvalue weighted by atomic mass is 10.00. The molecule has 0 aliphatic carbocycles. The van der Waals surface area contributed by atoms with E-state index in [0.717, 1.165) is 32.1 Å². The third kappa shape index (κ3) is 3.80. The second-order valence-electron chi connectivity index (χ2n) is 8.17. The van der Waals surface area contributed by atoms with Gasteiger partial charge in [0, 0.05) is 31.6 Å². The molecule has 26 heavy (non-hydrogen) atoms. The molecule has 3 rings (SSSR count). The molecule has 2 saturated heterocycles. The Morgan fingerprint density at radius 1 is 1.31 bits per heavy atom. The van der Waals surface area contributed by atoms with E-state index in [0.29, 0.717) is 11.3 Å². The summed E-state index contributed by atoms with van der Waals surface area (Å²) in [5.74, 6) is 0.225. The number of rotatable bonds is 4. The topological polar surface area (TPSA) is 48.0 Å². The van der Waals surface area contributed by atoms with Crippen LogP contribution in [0.1, 0.15) is 58.4 Å². The van der Waals surface area contributed by atoms with Gasteiger partial charge in [-0.2, -0.15) is 0 Å². The molecule has 0 radical (unpaired) electrons. The number of hydrogen-bond donors (Lipinski definition) is 0. The number of carbonyl (C=O) groups excluding carboxylic acids is 1. The number of nitrogens with zero attached hydrogens (tertiary/aromatic N) is 1. The van der Waals surface area contributed by atoms with Crippen LogP contribution in [0.25, 0.3) is 0 Å². The van der Waals surface area contributed by atoms with Crippen molar-refractivity contribution in [2.45, 2.75) is 76.9 Å². The summed E-state index contributed by atoms with van der Waals surface area (Å²) >= 11 is 0. The van der Waals surface area contributed by atoms with Gasteiger partial charge in [-0.1, -0.05) is 0 Å². The van der Waals surface area contributed by atoms with Gasteiger partial charge in [-0.05, 0) is 58.2 Å². The van der Waals surface area contributed by atoms with Crippen molar-refractivity contribution < 1.29 is 23.4 Å². The zero-order valence-electron chi connectivity index (χ0n) is 16.0. The Morgan fingerprint density at radius 2 is 2.08 bits per heavy atom. The smallest absolute Gasteiger partial charge is 0.413 e. The van der Waals surface area contributed by atoms with Crippen molar-refractivity contribution >= 4 is 6.09 Å². The monoisotopic (exact) mass is 365 g/mol. The summed E-state index contributed by atoms with van der Waals surface area (Å²) in [6.45, 7) is 5.76. The van der Waals surface area contributed by atoms with E-state index < -0.39 is 11.3 Å². The largest absolute Gasteiger partial charge is 0.468 e. The van der Waals surface area contributed by atoms with E-state index in [4.69, 9.17) is 14.2 Å². The highest BCUT2D eigenvalue weighted by Crippen LogP contribution is 2.46. The SMILES string of the molecule is COCc1cc(OC23CCCC(CC2)N3C(=O)OC(C)(C)C)ccc1F. The summed E-state index contributed by atoms with van der Waals surface area (Å²) < 4.78 is 30.9. The van der Waals surface area contributed by atoms with Crippen LogP contribution in [0.15, 0.2) is 18.2 Å². The van der Waals surface area contributed by atoms with Crippen molar-refractivity contribution in [2.24, 2.45) is 0 Å². The Bertz CT molecular complexity index is 668. The first-order valence-corrected chi connectivity index (χ1v) is 9.23. The fourth-order valence-electron chi connectivity index (χ4n) is 3.99. The van der Waals surface area contributed by atoms with Crippen molar-refractivity contribution in [1.82, 2.24) is 4.90 Å². The van der Waals surface area contributed by atoms with Gasteiger partial charge in [0.2, 0.25) is 0 Å². The Labute approximate surface area is 154 Å². The third-order valence-corrected chi connectivity index (χ3v) is 4.99.